The number of fused-ring (bicyclic) bond motifs is 1. The molecule has 0 amide bonds. The van der Waals surface area contributed by atoms with Crippen molar-refractivity contribution in [3.05, 3.63) is 30.1 Å². The molecule has 0 bridgehead atoms. The maximum absolute atomic E-state index is 4.21. The fourth-order valence-electron chi connectivity index (χ4n) is 1.82. The number of aromatic amines is 1. The van der Waals surface area contributed by atoms with Gasteiger partial charge in [0.2, 0.25) is 0 Å². The Morgan fingerprint density at radius 2 is 2.25 bits per heavy atom. The molecule has 1 aromatic carbocycles. The van der Waals surface area contributed by atoms with Gasteiger partial charge in [0.15, 0.2) is 0 Å². The molecule has 3 heteroatoms. The Kier molecular flexibility index (Phi) is 3.57. The van der Waals surface area contributed by atoms with Crippen LogP contribution in [0.1, 0.15) is 25.8 Å². The van der Waals surface area contributed by atoms with Gasteiger partial charge in [0.1, 0.15) is 0 Å². The highest BCUT2D eigenvalue weighted by Crippen LogP contribution is 2.12. The number of benzene rings is 1. The molecule has 3 nitrogen and oxygen atoms in total. The minimum absolute atomic E-state index is 0.579. The zero-order chi connectivity index (χ0) is 11.4. The number of hydrogen-bond donors (Lipinski definition) is 2. The van der Waals surface area contributed by atoms with Crippen molar-refractivity contribution in [3.8, 4) is 0 Å². The molecule has 1 heterocycles. The molecule has 2 N–H and O–H groups in total. The van der Waals surface area contributed by atoms with E-state index >= 15 is 0 Å². The molecule has 0 atom stereocenters. The highest BCUT2D eigenvalue weighted by molar-refractivity contribution is 5.74. The number of aromatic nitrogens is 2. The molecule has 1 aromatic heterocycles. The van der Waals surface area contributed by atoms with Crippen molar-refractivity contribution in [2.24, 2.45) is 0 Å². The van der Waals surface area contributed by atoms with Gasteiger partial charge in [0.25, 0.3) is 0 Å². The van der Waals surface area contributed by atoms with E-state index in [0.717, 1.165) is 24.0 Å². The lowest BCUT2D eigenvalue weighted by atomic mass is 10.1. The number of H-pyrrole nitrogens is 1. The topological polar surface area (TPSA) is 40.7 Å². The summed E-state index contributed by atoms with van der Waals surface area (Å²) in [5.41, 5.74) is 3.56. The first-order valence-electron chi connectivity index (χ1n) is 5.91. The van der Waals surface area contributed by atoms with E-state index in [2.05, 4.69) is 47.3 Å². The Morgan fingerprint density at radius 1 is 1.38 bits per heavy atom. The second-order valence-electron chi connectivity index (χ2n) is 4.47. The molecule has 0 fully saturated rings. The standard InChI is InChI=1S/C13H19N3/c1-10(2)14-7-3-4-11-5-6-12-13(8-11)16-9-15-12/h5-6,8-10,14H,3-4,7H2,1-2H3,(H,15,16). The van der Waals surface area contributed by atoms with Gasteiger partial charge in [-0.2, -0.15) is 0 Å². The molecule has 0 radical (unpaired) electrons. The van der Waals surface area contributed by atoms with E-state index in [1.54, 1.807) is 6.33 Å². The molecule has 0 saturated heterocycles. The molecule has 2 rings (SSSR count). The largest absolute Gasteiger partial charge is 0.345 e. The van der Waals surface area contributed by atoms with E-state index < -0.39 is 0 Å². The molecule has 2 aromatic rings. The Hall–Kier alpha value is -1.35. The van der Waals surface area contributed by atoms with E-state index in [4.69, 9.17) is 0 Å². The van der Waals surface area contributed by atoms with E-state index in [-0.39, 0.29) is 0 Å². The molecule has 0 aliphatic heterocycles. The molecule has 0 saturated carbocycles. The zero-order valence-electron chi connectivity index (χ0n) is 9.96. The summed E-state index contributed by atoms with van der Waals surface area (Å²) in [6.07, 6.45) is 4.04. The second kappa shape index (κ2) is 5.12. The van der Waals surface area contributed by atoms with Gasteiger partial charge in [0, 0.05) is 6.04 Å². The Morgan fingerprint density at radius 3 is 3.06 bits per heavy atom. The normalized spacial score (nSPS) is 11.4. The highest BCUT2D eigenvalue weighted by Gasteiger charge is 1.98. The predicted octanol–water partition coefficient (Wildman–Crippen LogP) is 2.49. The predicted molar refractivity (Wildman–Crippen MR) is 67.6 cm³/mol. The van der Waals surface area contributed by atoms with Crippen LogP contribution in [0.15, 0.2) is 24.5 Å². The fourth-order valence-corrected chi connectivity index (χ4v) is 1.82. The van der Waals surface area contributed by atoms with E-state index in [1.807, 2.05) is 0 Å². The monoisotopic (exact) mass is 217 g/mol. The van der Waals surface area contributed by atoms with Gasteiger partial charge in [-0.3, -0.25) is 0 Å². The van der Waals surface area contributed by atoms with Crippen LogP contribution in [0.5, 0.6) is 0 Å². The summed E-state index contributed by atoms with van der Waals surface area (Å²) in [5, 5.41) is 3.43. The summed E-state index contributed by atoms with van der Waals surface area (Å²) in [7, 11) is 0. The van der Waals surface area contributed by atoms with Crippen molar-refractivity contribution < 1.29 is 0 Å². The first kappa shape index (κ1) is 11.1. The summed E-state index contributed by atoms with van der Waals surface area (Å²) >= 11 is 0. The van der Waals surface area contributed by atoms with E-state index in [1.165, 1.54) is 12.0 Å². The number of hydrogen-bond acceptors (Lipinski definition) is 2. The fraction of sp³-hybridized carbons (Fsp3) is 0.462. The third kappa shape index (κ3) is 2.83. The second-order valence-corrected chi connectivity index (χ2v) is 4.47. The van der Waals surface area contributed by atoms with Crippen LogP contribution in [0.3, 0.4) is 0 Å². The lowest BCUT2D eigenvalue weighted by molar-refractivity contribution is 0.570. The lowest BCUT2D eigenvalue weighted by Gasteiger charge is -2.07. The van der Waals surface area contributed by atoms with Crippen LogP contribution in [0.2, 0.25) is 0 Å². The highest BCUT2D eigenvalue weighted by atomic mass is 14.9. The van der Waals surface area contributed by atoms with Crippen molar-refractivity contribution in [3.63, 3.8) is 0 Å². The third-order valence-electron chi connectivity index (χ3n) is 2.68. The number of rotatable bonds is 5. The van der Waals surface area contributed by atoms with Crippen molar-refractivity contribution in [2.75, 3.05) is 6.54 Å². The summed E-state index contributed by atoms with van der Waals surface area (Å²) in [6, 6.07) is 7.02. The molecular formula is C13H19N3. The summed E-state index contributed by atoms with van der Waals surface area (Å²) in [6.45, 7) is 5.44. The molecule has 16 heavy (non-hydrogen) atoms. The molecule has 0 aliphatic carbocycles. The SMILES string of the molecule is CC(C)NCCCc1ccc2nc[nH]c2c1. The Bertz CT molecular complexity index is 445. The van der Waals surface area contributed by atoms with Crippen LogP contribution in [-0.4, -0.2) is 22.6 Å². The minimum atomic E-state index is 0.579. The van der Waals surface area contributed by atoms with Gasteiger partial charge in [-0.1, -0.05) is 19.9 Å². The average molecular weight is 217 g/mol. The molecule has 0 unspecified atom stereocenters. The Labute approximate surface area is 96.3 Å². The molecule has 0 spiro atoms. The van der Waals surface area contributed by atoms with Crippen LogP contribution in [0.4, 0.5) is 0 Å². The van der Waals surface area contributed by atoms with Crippen LogP contribution in [0.25, 0.3) is 11.0 Å². The molecule has 0 aliphatic rings. The smallest absolute Gasteiger partial charge is 0.0931 e. The van der Waals surface area contributed by atoms with Crippen molar-refractivity contribution >= 4 is 11.0 Å². The quantitative estimate of drug-likeness (QED) is 0.755. The summed E-state index contributed by atoms with van der Waals surface area (Å²) < 4.78 is 0. The van der Waals surface area contributed by atoms with Crippen molar-refractivity contribution in [1.29, 1.82) is 0 Å². The number of imidazole rings is 1. The first-order valence-corrected chi connectivity index (χ1v) is 5.91. The number of nitrogens with one attached hydrogen (secondary N) is 2. The summed E-state index contributed by atoms with van der Waals surface area (Å²) in [4.78, 5) is 7.35. The number of aryl methyl sites for hydroxylation is 1. The van der Waals surface area contributed by atoms with Crippen molar-refractivity contribution in [1.82, 2.24) is 15.3 Å². The molecular weight excluding hydrogens is 198 g/mol. The van der Waals surface area contributed by atoms with Gasteiger partial charge < -0.3 is 10.3 Å². The van der Waals surface area contributed by atoms with Gasteiger partial charge >= 0.3 is 0 Å². The van der Waals surface area contributed by atoms with Crippen LogP contribution in [-0.2, 0) is 6.42 Å². The number of nitrogens with zero attached hydrogens (tertiary/aromatic N) is 1. The summed E-state index contributed by atoms with van der Waals surface area (Å²) in [5.74, 6) is 0. The van der Waals surface area contributed by atoms with Crippen LogP contribution in [0, 0.1) is 0 Å². The molecule has 86 valence electrons. The average Bonchev–Trinajstić information content (AvgIpc) is 2.71. The van der Waals surface area contributed by atoms with Crippen LogP contribution >= 0.6 is 0 Å². The van der Waals surface area contributed by atoms with Gasteiger partial charge in [-0.25, -0.2) is 4.98 Å². The third-order valence-corrected chi connectivity index (χ3v) is 2.68. The van der Waals surface area contributed by atoms with Gasteiger partial charge in [0.05, 0.1) is 17.4 Å². The minimum Gasteiger partial charge on any atom is -0.345 e. The maximum atomic E-state index is 4.21. The van der Waals surface area contributed by atoms with E-state index in [9.17, 15) is 0 Å². The Balaban J connectivity index is 1.89. The first-order chi connectivity index (χ1) is 7.75. The van der Waals surface area contributed by atoms with E-state index in [0.29, 0.717) is 6.04 Å². The van der Waals surface area contributed by atoms with Gasteiger partial charge in [-0.05, 0) is 37.1 Å². The van der Waals surface area contributed by atoms with Crippen LogP contribution < -0.4 is 5.32 Å². The maximum Gasteiger partial charge on any atom is 0.0931 e. The van der Waals surface area contributed by atoms with Crippen molar-refractivity contribution in [2.45, 2.75) is 32.7 Å². The lowest BCUT2D eigenvalue weighted by Crippen LogP contribution is -2.23. The van der Waals surface area contributed by atoms with Gasteiger partial charge in [-0.15, -0.1) is 0 Å². The zero-order valence-corrected chi connectivity index (χ0v) is 9.96.